The molecule has 2 heterocycles. The second-order valence-electron chi connectivity index (χ2n) is 7.33. The number of hydrogen-bond acceptors (Lipinski definition) is 5. The number of pyridine rings is 1. The van der Waals surface area contributed by atoms with Crippen molar-refractivity contribution in [2.24, 2.45) is 5.41 Å². The van der Waals surface area contributed by atoms with Gasteiger partial charge in [0.15, 0.2) is 5.78 Å². The molecule has 5 nitrogen and oxygen atoms in total. The SMILES string of the molecule is CC(C)(C)C(=O)/C(C#N)=c1\s/c(=C\c2ccccn2)c(=O)n1-c1ccccc1F. The molecule has 0 N–H and O–H groups in total. The Morgan fingerprint density at radius 1 is 1.21 bits per heavy atom. The van der Waals surface area contributed by atoms with E-state index in [-0.39, 0.29) is 20.5 Å². The van der Waals surface area contributed by atoms with Crippen LogP contribution in [0.25, 0.3) is 17.3 Å². The van der Waals surface area contributed by atoms with Crippen molar-refractivity contribution >= 4 is 28.8 Å². The van der Waals surface area contributed by atoms with Gasteiger partial charge in [-0.15, -0.1) is 11.3 Å². The van der Waals surface area contributed by atoms with Crippen LogP contribution in [0.4, 0.5) is 4.39 Å². The number of carbonyl (C=O) groups excluding carboxylic acids is 1. The molecule has 0 saturated carbocycles. The van der Waals surface area contributed by atoms with Gasteiger partial charge in [-0.2, -0.15) is 5.26 Å². The maximum atomic E-state index is 14.5. The molecule has 0 aliphatic rings. The lowest BCUT2D eigenvalue weighted by molar-refractivity contribution is -0.120. The van der Waals surface area contributed by atoms with E-state index in [1.807, 2.05) is 6.07 Å². The number of aromatic nitrogens is 2. The molecule has 1 aromatic carbocycles. The average Bonchev–Trinajstić information content (AvgIpc) is 2.99. The predicted molar refractivity (Wildman–Crippen MR) is 110 cm³/mol. The zero-order valence-corrected chi connectivity index (χ0v) is 17.0. The van der Waals surface area contributed by atoms with Gasteiger partial charge in [-0.25, -0.2) is 4.39 Å². The van der Waals surface area contributed by atoms with Gasteiger partial charge in [-0.05, 0) is 30.3 Å². The van der Waals surface area contributed by atoms with Gasteiger partial charge >= 0.3 is 0 Å². The van der Waals surface area contributed by atoms with Gasteiger partial charge in [0, 0.05) is 11.6 Å². The number of Topliss-reactive ketones (excluding diaryl/α,β-unsaturated/α-hetero) is 1. The average molecular weight is 407 g/mol. The summed E-state index contributed by atoms with van der Waals surface area (Å²) >= 11 is 0.969. The highest BCUT2D eigenvalue weighted by molar-refractivity contribution is 7.07. The summed E-state index contributed by atoms with van der Waals surface area (Å²) in [5, 5.41) is 9.71. The zero-order chi connectivity index (χ0) is 21.2. The van der Waals surface area contributed by atoms with Crippen LogP contribution in [-0.4, -0.2) is 15.3 Å². The minimum Gasteiger partial charge on any atom is -0.293 e. The number of halogens is 1. The summed E-state index contributed by atoms with van der Waals surface area (Å²) in [5.74, 6) is -1.05. The molecule has 3 rings (SSSR count). The monoisotopic (exact) mass is 407 g/mol. The fourth-order valence-corrected chi connectivity index (χ4v) is 3.75. The van der Waals surface area contributed by atoms with Gasteiger partial charge in [0.1, 0.15) is 22.1 Å². The van der Waals surface area contributed by atoms with E-state index in [1.54, 1.807) is 57.3 Å². The van der Waals surface area contributed by atoms with E-state index in [9.17, 15) is 19.2 Å². The van der Waals surface area contributed by atoms with E-state index in [0.29, 0.717) is 5.69 Å². The highest BCUT2D eigenvalue weighted by atomic mass is 32.1. The number of nitrogens with zero attached hydrogens (tertiary/aromatic N) is 3. The number of carbonyl (C=O) groups is 1. The first kappa shape index (κ1) is 20.4. The molecule has 0 atom stereocenters. The first-order valence-corrected chi connectivity index (χ1v) is 9.64. The van der Waals surface area contributed by atoms with Gasteiger partial charge in [0.05, 0.1) is 15.9 Å². The van der Waals surface area contributed by atoms with Crippen molar-refractivity contribution in [3.63, 3.8) is 0 Å². The Labute approximate surface area is 170 Å². The van der Waals surface area contributed by atoms with Crippen molar-refractivity contribution < 1.29 is 9.18 Å². The number of thiazole rings is 1. The minimum atomic E-state index is -0.837. The summed E-state index contributed by atoms with van der Waals surface area (Å²) in [6.45, 7) is 5.06. The van der Waals surface area contributed by atoms with Crippen LogP contribution in [0.15, 0.2) is 53.5 Å². The Morgan fingerprint density at radius 2 is 1.90 bits per heavy atom. The molecule has 3 aromatic rings. The molecule has 146 valence electrons. The van der Waals surface area contributed by atoms with E-state index >= 15 is 0 Å². The zero-order valence-electron chi connectivity index (χ0n) is 16.1. The highest BCUT2D eigenvalue weighted by Gasteiger charge is 2.28. The normalized spacial score (nSPS) is 13.1. The standard InChI is InChI=1S/C22H18FN3O2S/c1-22(2,3)19(27)15(13-24)21-26(17-10-5-4-9-16(17)23)20(28)18(29-21)12-14-8-6-7-11-25-14/h4-12H,1-3H3/b18-12-,21-15-. The van der Waals surface area contributed by atoms with Crippen molar-refractivity contribution in [1.29, 1.82) is 5.26 Å². The Balaban J connectivity index is 2.48. The number of benzene rings is 1. The molecule has 0 amide bonds. The molecule has 0 spiro atoms. The summed E-state index contributed by atoms with van der Waals surface area (Å²) in [6.07, 6.45) is 3.15. The number of hydrogen-bond donors (Lipinski definition) is 0. The third kappa shape index (κ3) is 4.08. The van der Waals surface area contributed by atoms with E-state index in [0.717, 1.165) is 15.9 Å². The van der Waals surface area contributed by atoms with E-state index < -0.39 is 22.6 Å². The molecule has 0 fully saturated rings. The number of ketones is 1. The predicted octanol–water partition coefficient (Wildman–Crippen LogP) is 2.55. The minimum absolute atomic E-state index is 0.0149. The molecular weight excluding hydrogens is 389 g/mol. The lowest BCUT2D eigenvalue weighted by Gasteiger charge is -2.15. The second kappa shape index (κ2) is 7.94. The van der Waals surface area contributed by atoms with Gasteiger partial charge < -0.3 is 0 Å². The smallest absolute Gasteiger partial charge is 0.273 e. The Kier molecular flexibility index (Phi) is 5.57. The van der Waals surface area contributed by atoms with Crippen molar-refractivity contribution in [2.45, 2.75) is 20.8 Å². The Morgan fingerprint density at radius 3 is 2.48 bits per heavy atom. The topological polar surface area (TPSA) is 75.8 Å². The Hall–Kier alpha value is -3.37. The summed E-state index contributed by atoms with van der Waals surface area (Å²) in [5.41, 5.74) is -1.01. The quantitative estimate of drug-likeness (QED) is 0.669. The van der Waals surface area contributed by atoms with Crippen molar-refractivity contribution in [3.8, 4) is 11.8 Å². The summed E-state index contributed by atoms with van der Waals surface area (Å²) in [4.78, 5) is 30.2. The molecule has 0 radical (unpaired) electrons. The van der Waals surface area contributed by atoms with Crippen LogP contribution in [-0.2, 0) is 4.79 Å². The first-order valence-electron chi connectivity index (χ1n) is 8.83. The molecule has 0 aliphatic heterocycles. The van der Waals surface area contributed by atoms with Crippen molar-refractivity contribution in [3.05, 3.63) is 79.7 Å². The molecule has 0 saturated heterocycles. The van der Waals surface area contributed by atoms with Crippen LogP contribution in [0.2, 0.25) is 0 Å². The lowest BCUT2D eigenvalue weighted by atomic mass is 9.87. The largest absolute Gasteiger partial charge is 0.293 e. The third-order valence-electron chi connectivity index (χ3n) is 4.12. The molecule has 0 bridgehead atoms. The molecule has 0 aliphatic carbocycles. The van der Waals surface area contributed by atoms with Crippen LogP contribution >= 0.6 is 11.3 Å². The van der Waals surface area contributed by atoms with E-state index in [4.69, 9.17) is 0 Å². The molecule has 29 heavy (non-hydrogen) atoms. The van der Waals surface area contributed by atoms with Gasteiger partial charge in [-0.3, -0.25) is 19.1 Å². The van der Waals surface area contributed by atoms with Crippen LogP contribution in [0.5, 0.6) is 0 Å². The molecule has 7 heteroatoms. The summed E-state index contributed by atoms with van der Waals surface area (Å²) in [6, 6.07) is 12.9. The Bertz CT molecular complexity index is 1290. The maximum absolute atomic E-state index is 14.5. The lowest BCUT2D eigenvalue weighted by Crippen LogP contribution is -2.33. The summed E-state index contributed by atoms with van der Waals surface area (Å²) < 4.78 is 16.0. The number of para-hydroxylation sites is 1. The molecule has 2 aromatic heterocycles. The van der Waals surface area contributed by atoms with Crippen molar-refractivity contribution in [2.75, 3.05) is 0 Å². The fraction of sp³-hybridized carbons (Fsp3) is 0.182. The van der Waals surface area contributed by atoms with E-state index in [2.05, 4.69) is 4.98 Å². The van der Waals surface area contributed by atoms with Crippen LogP contribution in [0, 0.1) is 22.6 Å². The number of nitriles is 1. The number of rotatable bonds is 3. The van der Waals surface area contributed by atoms with Crippen LogP contribution < -0.4 is 14.8 Å². The van der Waals surface area contributed by atoms with Gasteiger partial charge in [0.25, 0.3) is 5.56 Å². The highest BCUT2D eigenvalue weighted by Crippen LogP contribution is 2.20. The van der Waals surface area contributed by atoms with Crippen molar-refractivity contribution in [1.82, 2.24) is 9.55 Å². The van der Waals surface area contributed by atoms with Crippen LogP contribution in [0.3, 0.4) is 0 Å². The summed E-state index contributed by atoms with van der Waals surface area (Å²) in [7, 11) is 0. The third-order valence-corrected chi connectivity index (χ3v) is 5.21. The van der Waals surface area contributed by atoms with Gasteiger partial charge in [-0.1, -0.05) is 39.0 Å². The first-order chi connectivity index (χ1) is 13.7. The van der Waals surface area contributed by atoms with Crippen LogP contribution in [0.1, 0.15) is 26.5 Å². The molecular formula is C22H18FN3O2S. The van der Waals surface area contributed by atoms with Gasteiger partial charge in [0.2, 0.25) is 0 Å². The molecule has 0 unspecified atom stereocenters. The fourth-order valence-electron chi connectivity index (χ4n) is 2.67. The maximum Gasteiger partial charge on any atom is 0.273 e. The van der Waals surface area contributed by atoms with E-state index in [1.165, 1.54) is 18.2 Å². The second-order valence-corrected chi connectivity index (χ2v) is 8.36.